The summed E-state index contributed by atoms with van der Waals surface area (Å²) < 4.78 is 12.9. The predicted molar refractivity (Wildman–Crippen MR) is 71.2 cm³/mol. The fraction of sp³-hybridized carbons (Fsp3) is 0.500. The molecule has 1 aliphatic heterocycles. The number of rotatable bonds is 4. The molecule has 0 unspecified atom stereocenters. The third kappa shape index (κ3) is 5.38. The summed E-state index contributed by atoms with van der Waals surface area (Å²) >= 11 is 0. The Morgan fingerprint density at radius 3 is 2.67 bits per heavy atom. The van der Waals surface area contributed by atoms with Crippen molar-refractivity contribution in [3.63, 3.8) is 0 Å². The lowest BCUT2D eigenvalue weighted by molar-refractivity contribution is -0.0979. The molecule has 0 aliphatic carbocycles. The second kappa shape index (κ2) is 8.78. The summed E-state index contributed by atoms with van der Waals surface area (Å²) in [4.78, 5) is 10.5. The van der Waals surface area contributed by atoms with E-state index < -0.39 is 0 Å². The Morgan fingerprint density at radius 1 is 1.28 bits per heavy atom. The number of hydrogen-bond donors (Lipinski definition) is 1. The summed E-state index contributed by atoms with van der Waals surface area (Å²) in [6, 6.07) is 6.92. The summed E-state index contributed by atoms with van der Waals surface area (Å²) in [5.74, 6) is -0.125. The van der Waals surface area contributed by atoms with Crippen LogP contribution in [0.3, 0.4) is 0 Å². The zero-order chi connectivity index (χ0) is 13.2. The van der Waals surface area contributed by atoms with Crippen LogP contribution in [0, 0.1) is 5.82 Å². The highest BCUT2D eigenvalue weighted by atomic mass is 19.1. The van der Waals surface area contributed by atoms with Crippen molar-refractivity contribution in [2.75, 3.05) is 32.7 Å². The van der Waals surface area contributed by atoms with Gasteiger partial charge in [-0.3, -0.25) is 0 Å². The Morgan fingerprint density at radius 2 is 2.00 bits per heavy atom. The maximum absolute atomic E-state index is 12.9. The quantitative estimate of drug-likeness (QED) is 0.881. The molecule has 0 aromatic heterocycles. The van der Waals surface area contributed by atoms with Crippen molar-refractivity contribution in [1.82, 2.24) is 10.2 Å². The average molecular weight is 252 g/mol. The number of halogens is 1. The van der Waals surface area contributed by atoms with Gasteiger partial charge in [-0.05, 0) is 37.1 Å². The fourth-order valence-electron chi connectivity index (χ4n) is 2.13. The number of piperazine rings is 1. The number of carbonyl (C=O) groups is 1. The number of hydrogen-bond acceptors (Lipinski definition) is 3. The monoisotopic (exact) mass is 252 g/mol. The molecule has 0 radical (unpaired) electrons. The Bertz CT molecular complexity index is 340. The van der Waals surface area contributed by atoms with Crippen molar-refractivity contribution in [3.8, 4) is 0 Å². The third-order valence-electron chi connectivity index (χ3n) is 3.04. The summed E-state index contributed by atoms with van der Waals surface area (Å²) in [6.45, 7) is 7.60. The molecule has 0 bridgehead atoms. The Kier molecular flexibility index (Phi) is 7.22. The molecule has 0 spiro atoms. The first-order valence-corrected chi connectivity index (χ1v) is 6.31. The maximum Gasteiger partial charge on any atom is 0.123 e. The highest BCUT2D eigenvalue weighted by Gasteiger charge is 2.08. The van der Waals surface area contributed by atoms with Gasteiger partial charge in [0.2, 0.25) is 0 Å². The Hall–Kier alpha value is -1.26. The molecule has 4 heteroatoms. The molecule has 18 heavy (non-hydrogen) atoms. The van der Waals surface area contributed by atoms with Crippen molar-refractivity contribution in [2.45, 2.75) is 12.8 Å². The Balaban J connectivity index is 0.000000771. The number of aryl methyl sites for hydroxylation is 1. The zero-order valence-corrected chi connectivity index (χ0v) is 10.7. The summed E-state index contributed by atoms with van der Waals surface area (Å²) in [5, 5.41) is 3.34. The fourth-order valence-corrected chi connectivity index (χ4v) is 2.13. The van der Waals surface area contributed by atoms with E-state index in [-0.39, 0.29) is 5.82 Å². The summed E-state index contributed by atoms with van der Waals surface area (Å²) in [6.07, 6.45) is 2.09. The molecule has 2 rings (SSSR count). The molecule has 0 atom stereocenters. The first-order chi connectivity index (χ1) is 8.84. The molecular weight excluding hydrogens is 231 g/mol. The van der Waals surface area contributed by atoms with Crippen LogP contribution < -0.4 is 5.32 Å². The van der Waals surface area contributed by atoms with Gasteiger partial charge in [0, 0.05) is 26.2 Å². The van der Waals surface area contributed by atoms with Gasteiger partial charge < -0.3 is 15.0 Å². The van der Waals surface area contributed by atoms with Crippen molar-refractivity contribution >= 4 is 6.79 Å². The average Bonchev–Trinajstić information content (AvgIpc) is 2.42. The number of benzene rings is 1. The first-order valence-electron chi connectivity index (χ1n) is 6.31. The molecule has 1 heterocycles. The smallest absolute Gasteiger partial charge is 0.123 e. The highest BCUT2D eigenvalue weighted by Crippen LogP contribution is 2.07. The van der Waals surface area contributed by atoms with Gasteiger partial charge >= 0.3 is 0 Å². The highest BCUT2D eigenvalue weighted by molar-refractivity contribution is 5.16. The van der Waals surface area contributed by atoms with Crippen LogP contribution in [0.1, 0.15) is 12.0 Å². The molecule has 1 fully saturated rings. The molecular formula is C14H21FN2O. The van der Waals surface area contributed by atoms with Crippen molar-refractivity contribution in [3.05, 3.63) is 35.6 Å². The Labute approximate surface area is 108 Å². The second-order valence-corrected chi connectivity index (χ2v) is 4.33. The second-order valence-electron chi connectivity index (χ2n) is 4.33. The number of carbonyl (C=O) groups excluding carboxylic acids is 1. The van der Waals surface area contributed by atoms with Gasteiger partial charge in [-0.15, -0.1) is 0 Å². The van der Waals surface area contributed by atoms with E-state index in [4.69, 9.17) is 4.79 Å². The van der Waals surface area contributed by atoms with Gasteiger partial charge in [0.05, 0.1) is 0 Å². The van der Waals surface area contributed by atoms with Crippen LogP contribution in [0.2, 0.25) is 0 Å². The topological polar surface area (TPSA) is 32.3 Å². The van der Waals surface area contributed by atoms with E-state index in [1.165, 1.54) is 6.07 Å². The van der Waals surface area contributed by atoms with E-state index >= 15 is 0 Å². The normalized spacial score (nSPS) is 15.8. The van der Waals surface area contributed by atoms with E-state index in [1.54, 1.807) is 12.1 Å². The predicted octanol–water partition coefficient (Wildman–Crippen LogP) is 1.48. The standard InChI is InChI=1S/C13H19FN2.CH2O/c14-13-5-1-3-12(11-13)4-2-8-16-9-6-15-7-10-16;1-2/h1,3,5,11,15H,2,4,6-10H2;1H2. The van der Waals surface area contributed by atoms with Crippen LogP contribution in [-0.2, 0) is 11.2 Å². The maximum atomic E-state index is 12.9. The minimum Gasteiger partial charge on any atom is -0.314 e. The van der Waals surface area contributed by atoms with E-state index in [1.807, 2.05) is 12.9 Å². The van der Waals surface area contributed by atoms with E-state index in [9.17, 15) is 4.39 Å². The number of nitrogens with zero attached hydrogens (tertiary/aromatic N) is 1. The largest absolute Gasteiger partial charge is 0.314 e. The molecule has 1 saturated heterocycles. The van der Waals surface area contributed by atoms with Crippen LogP contribution >= 0.6 is 0 Å². The molecule has 1 aliphatic rings. The summed E-state index contributed by atoms with van der Waals surface area (Å²) in [5.41, 5.74) is 1.11. The number of nitrogens with one attached hydrogen (secondary N) is 1. The van der Waals surface area contributed by atoms with Gasteiger partial charge in [-0.2, -0.15) is 0 Å². The van der Waals surface area contributed by atoms with Gasteiger partial charge in [0.1, 0.15) is 12.6 Å². The van der Waals surface area contributed by atoms with Crippen LogP contribution in [-0.4, -0.2) is 44.4 Å². The van der Waals surface area contributed by atoms with E-state index in [0.717, 1.165) is 51.1 Å². The molecule has 0 saturated carbocycles. The van der Waals surface area contributed by atoms with Gasteiger partial charge in [-0.25, -0.2) is 4.39 Å². The summed E-state index contributed by atoms with van der Waals surface area (Å²) in [7, 11) is 0. The van der Waals surface area contributed by atoms with Gasteiger partial charge in [-0.1, -0.05) is 12.1 Å². The lowest BCUT2D eigenvalue weighted by atomic mass is 10.1. The van der Waals surface area contributed by atoms with Crippen molar-refractivity contribution in [2.24, 2.45) is 0 Å². The van der Waals surface area contributed by atoms with Crippen LogP contribution in [0.25, 0.3) is 0 Å². The van der Waals surface area contributed by atoms with Crippen LogP contribution in [0.4, 0.5) is 4.39 Å². The van der Waals surface area contributed by atoms with Gasteiger partial charge in [0.15, 0.2) is 0 Å². The van der Waals surface area contributed by atoms with E-state index in [0.29, 0.717) is 0 Å². The first kappa shape index (κ1) is 14.8. The van der Waals surface area contributed by atoms with Crippen LogP contribution in [0.15, 0.2) is 24.3 Å². The minimum absolute atomic E-state index is 0.125. The SMILES string of the molecule is C=O.Fc1cccc(CCCN2CCNCC2)c1. The molecule has 1 aromatic carbocycles. The van der Waals surface area contributed by atoms with Crippen molar-refractivity contribution < 1.29 is 9.18 Å². The van der Waals surface area contributed by atoms with Gasteiger partial charge in [0.25, 0.3) is 0 Å². The van der Waals surface area contributed by atoms with Crippen molar-refractivity contribution in [1.29, 1.82) is 0 Å². The lowest BCUT2D eigenvalue weighted by Gasteiger charge is -2.27. The molecule has 1 aromatic rings. The lowest BCUT2D eigenvalue weighted by Crippen LogP contribution is -2.43. The molecule has 3 nitrogen and oxygen atoms in total. The zero-order valence-electron chi connectivity index (χ0n) is 10.7. The molecule has 100 valence electrons. The van der Waals surface area contributed by atoms with E-state index in [2.05, 4.69) is 10.2 Å². The molecule has 1 N–H and O–H groups in total. The van der Waals surface area contributed by atoms with Crippen LogP contribution in [0.5, 0.6) is 0 Å². The third-order valence-corrected chi connectivity index (χ3v) is 3.04. The molecule has 0 amide bonds. The minimum atomic E-state index is -0.125.